The molecule has 0 radical (unpaired) electrons. The maximum Gasteiger partial charge on any atom is 0.417 e. The molecule has 1 unspecified atom stereocenters. The number of alkyl halides is 3. The average molecular weight is 432 g/mol. The Morgan fingerprint density at radius 1 is 1.10 bits per heavy atom. The van der Waals surface area contributed by atoms with Crippen LogP contribution in [0.4, 0.5) is 23.2 Å². The third-order valence-electron chi connectivity index (χ3n) is 5.27. The van der Waals surface area contributed by atoms with Crippen molar-refractivity contribution in [2.24, 2.45) is 0 Å². The largest absolute Gasteiger partial charge is 0.472 e. The minimum absolute atomic E-state index is 0.136. The topological polar surface area (TPSA) is 45.6 Å². The van der Waals surface area contributed by atoms with Gasteiger partial charge in [0.1, 0.15) is 11.9 Å². The van der Waals surface area contributed by atoms with Crippen LogP contribution >= 0.6 is 0 Å². The van der Waals surface area contributed by atoms with E-state index < -0.39 is 11.7 Å². The Hall–Kier alpha value is -3.13. The highest BCUT2D eigenvalue weighted by Crippen LogP contribution is 2.32. The number of aliphatic hydroxyl groups is 1. The maximum absolute atomic E-state index is 14.1. The molecular formula is C23H20F4N2O2. The van der Waals surface area contributed by atoms with E-state index >= 15 is 0 Å². The average Bonchev–Trinajstić information content (AvgIpc) is 3.21. The van der Waals surface area contributed by atoms with Crippen molar-refractivity contribution in [2.75, 3.05) is 18.0 Å². The van der Waals surface area contributed by atoms with Gasteiger partial charge in [0.05, 0.1) is 18.7 Å². The molecule has 1 saturated heterocycles. The van der Waals surface area contributed by atoms with Crippen LogP contribution in [0, 0.1) is 5.82 Å². The molecule has 0 aliphatic carbocycles. The van der Waals surface area contributed by atoms with Gasteiger partial charge in [-0.2, -0.15) is 13.2 Å². The Balaban J connectivity index is 1.47. The lowest BCUT2D eigenvalue weighted by Gasteiger charge is -2.22. The fourth-order valence-electron chi connectivity index (χ4n) is 3.72. The van der Waals surface area contributed by atoms with E-state index in [0.29, 0.717) is 36.2 Å². The van der Waals surface area contributed by atoms with Crippen molar-refractivity contribution in [3.63, 3.8) is 0 Å². The van der Waals surface area contributed by atoms with Gasteiger partial charge in [0, 0.05) is 42.0 Å². The van der Waals surface area contributed by atoms with Crippen molar-refractivity contribution in [1.29, 1.82) is 0 Å². The Morgan fingerprint density at radius 3 is 2.58 bits per heavy atom. The van der Waals surface area contributed by atoms with Gasteiger partial charge in [-0.25, -0.2) is 9.37 Å². The highest BCUT2D eigenvalue weighted by Gasteiger charge is 2.31. The summed E-state index contributed by atoms with van der Waals surface area (Å²) in [5, 5.41) is 9.86. The van der Waals surface area contributed by atoms with Crippen molar-refractivity contribution in [2.45, 2.75) is 25.3 Å². The number of pyridine rings is 1. The fourth-order valence-corrected chi connectivity index (χ4v) is 3.72. The summed E-state index contributed by atoms with van der Waals surface area (Å²) in [5.74, 6) is -0.199. The van der Waals surface area contributed by atoms with Crippen LogP contribution in [-0.4, -0.2) is 29.3 Å². The highest BCUT2D eigenvalue weighted by atomic mass is 19.4. The molecule has 0 spiro atoms. The van der Waals surface area contributed by atoms with E-state index in [4.69, 9.17) is 4.74 Å². The van der Waals surface area contributed by atoms with Crippen LogP contribution in [0.25, 0.3) is 11.1 Å². The molecule has 0 amide bonds. The van der Waals surface area contributed by atoms with Gasteiger partial charge in [-0.05, 0) is 29.8 Å². The lowest BCUT2D eigenvalue weighted by atomic mass is 10.0. The molecule has 1 N–H and O–H groups in total. The Labute approximate surface area is 176 Å². The number of aliphatic hydroxyl groups excluding tert-OH is 1. The van der Waals surface area contributed by atoms with E-state index in [9.17, 15) is 22.7 Å². The molecule has 1 aliphatic rings. The number of nitrogens with zero attached hydrogens (tertiary/aromatic N) is 2. The van der Waals surface area contributed by atoms with Gasteiger partial charge in [-0.15, -0.1) is 0 Å². The molecule has 31 heavy (non-hydrogen) atoms. The number of ether oxygens (including phenoxy) is 1. The molecule has 8 heteroatoms. The van der Waals surface area contributed by atoms with E-state index in [1.165, 1.54) is 12.1 Å². The summed E-state index contributed by atoms with van der Waals surface area (Å²) in [5.41, 5.74) is 1.78. The Bertz CT molecular complexity index is 1050. The van der Waals surface area contributed by atoms with Crippen LogP contribution in [0.15, 0.2) is 60.8 Å². The predicted octanol–water partition coefficient (Wildman–Crippen LogP) is 5.06. The molecule has 3 aromatic rings. The second-order valence-electron chi connectivity index (χ2n) is 7.34. The first-order valence-electron chi connectivity index (χ1n) is 9.78. The van der Waals surface area contributed by atoms with Gasteiger partial charge in [-0.3, -0.25) is 0 Å². The molecule has 1 aromatic heterocycles. The van der Waals surface area contributed by atoms with Gasteiger partial charge in [0.15, 0.2) is 0 Å². The lowest BCUT2D eigenvalue weighted by Crippen LogP contribution is -2.25. The van der Waals surface area contributed by atoms with Crippen molar-refractivity contribution in [1.82, 2.24) is 4.98 Å². The van der Waals surface area contributed by atoms with E-state index in [0.717, 1.165) is 18.0 Å². The molecule has 0 saturated carbocycles. The number of rotatable bonds is 5. The van der Waals surface area contributed by atoms with E-state index in [2.05, 4.69) is 4.98 Å². The number of anilines is 1. The Morgan fingerprint density at radius 2 is 1.90 bits per heavy atom. The maximum atomic E-state index is 14.1. The van der Waals surface area contributed by atoms with Crippen LogP contribution < -0.4 is 9.64 Å². The summed E-state index contributed by atoms with van der Waals surface area (Å²) in [4.78, 5) is 5.79. The summed E-state index contributed by atoms with van der Waals surface area (Å²) in [6.07, 6.45) is -3.27. The van der Waals surface area contributed by atoms with Crippen molar-refractivity contribution >= 4 is 5.69 Å². The first kappa shape index (κ1) is 21.1. The zero-order valence-electron chi connectivity index (χ0n) is 16.4. The molecule has 0 bridgehead atoms. The standard InChI is InChI=1S/C23H20F4N2O2/c24-20-4-2-1-3-19(20)15-5-7-21(16(11-15)14-30)29-10-9-18(13-29)31-22-8-6-17(12-28-22)23(25,26)27/h1-8,11-12,18,30H,9-10,13-14H2. The summed E-state index contributed by atoms with van der Waals surface area (Å²) < 4.78 is 57.8. The lowest BCUT2D eigenvalue weighted by molar-refractivity contribution is -0.137. The second-order valence-corrected chi connectivity index (χ2v) is 7.34. The number of hydrogen-bond donors (Lipinski definition) is 1. The number of halogens is 4. The molecule has 2 aromatic carbocycles. The molecule has 4 rings (SSSR count). The van der Waals surface area contributed by atoms with Gasteiger partial charge in [0.2, 0.25) is 5.88 Å². The van der Waals surface area contributed by atoms with E-state index in [1.54, 1.807) is 30.3 Å². The zero-order valence-corrected chi connectivity index (χ0v) is 16.4. The third kappa shape index (κ3) is 4.64. The first-order valence-corrected chi connectivity index (χ1v) is 9.78. The SMILES string of the molecule is OCc1cc(-c2ccccc2F)ccc1N1CCC(Oc2ccc(C(F)(F)F)cn2)C1. The van der Waals surface area contributed by atoms with Crippen LogP contribution in [0.5, 0.6) is 5.88 Å². The molecule has 4 nitrogen and oxygen atoms in total. The molecule has 1 aliphatic heterocycles. The van der Waals surface area contributed by atoms with Gasteiger partial charge < -0.3 is 14.7 Å². The molecule has 1 atom stereocenters. The number of aromatic nitrogens is 1. The monoisotopic (exact) mass is 432 g/mol. The van der Waals surface area contributed by atoms with Crippen LogP contribution in [0.1, 0.15) is 17.5 Å². The summed E-state index contributed by atoms with van der Waals surface area (Å²) in [6, 6.07) is 14.0. The highest BCUT2D eigenvalue weighted by molar-refractivity contribution is 5.69. The van der Waals surface area contributed by atoms with Crippen LogP contribution in [0.3, 0.4) is 0 Å². The van der Waals surface area contributed by atoms with E-state index in [-0.39, 0.29) is 24.4 Å². The molecular weight excluding hydrogens is 412 g/mol. The van der Waals surface area contributed by atoms with Crippen molar-refractivity contribution < 1.29 is 27.4 Å². The quantitative estimate of drug-likeness (QED) is 0.573. The van der Waals surface area contributed by atoms with Crippen molar-refractivity contribution in [3.8, 4) is 17.0 Å². The van der Waals surface area contributed by atoms with Gasteiger partial charge in [0.25, 0.3) is 0 Å². The Kier molecular flexibility index (Phi) is 5.82. The number of benzene rings is 2. The van der Waals surface area contributed by atoms with Crippen molar-refractivity contribution in [3.05, 3.63) is 77.7 Å². The predicted molar refractivity (Wildman–Crippen MR) is 108 cm³/mol. The summed E-state index contributed by atoms with van der Waals surface area (Å²) in [6.45, 7) is 0.937. The normalized spacial score (nSPS) is 16.5. The van der Waals surface area contributed by atoms with Crippen LogP contribution in [-0.2, 0) is 12.8 Å². The van der Waals surface area contributed by atoms with Gasteiger partial charge >= 0.3 is 6.18 Å². The molecule has 2 heterocycles. The zero-order chi connectivity index (χ0) is 22.0. The van der Waals surface area contributed by atoms with Crippen LogP contribution in [0.2, 0.25) is 0 Å². The minimum Gasteiger partial charge on any atom is -0.472 e. The molecule has 162 valence electrons. The number of hydrogen-bond acceptors (Lipinski definition) is 4. The molecule has 1 fully saturated rings. The summed E-state index contributed by atoms with van der Waals surface area (Å²) >= 11 is 0. The van der Waals surface area contributed by atoms with Gasteiger partial charge in [-0.1, -0.05) is 24.3 Å². The second kappa shape index (κ2) is 8.55. The van der Waals surface area contributed by atoms with E-state index in [1.807, 2.05) is 11.0 Å². The third-order valence-corrected chi connectivity index (χ3v) is 5.27. The summed E-state index contributed by atoms with van der Waals surface area (Å²) in [7, 11) is 0. The fraction of sp³-hybridized carbons (Fsp3) is 0.261. The smallest absolute Gasteiger partial charge is 0.417 e. The minimum atomic E-state index is -4.44. The first-order chi connectivity index (χ1) is 14.8.